The average molecular weight is 428 g/mol. The largest absolute Gasteiger partial charge is 0.376 e. The van der Waals surface area contributed by atoms with Crippen LogP contribution in [0.5, 0.6) is 0 Å². The minimum atomic E-state index is -0.0683. The average Bonchev–Trinajstić information content (AvgIpc) is 3.40. The Hall–Kier alpha value is -2.22. The summed E-state index contributed by atoms with van der Waals surface area (Å²) >= 11 is 7.38. The van der Waals surface area contributed by atoms with E-state index in [2.05, 4.69) is 32.7 Å². The van der Waals surface area contributed by atoms with Crippen LogP contribution in [-0.4, -0.2) is 34.3 Å². The lowest BCUT2D eigenvalue weighted by Gasteiger charge is -2.26. The first-order chi connectivity index (χ1) is 14.1. The molecular weight excluding hydrogens is 402 g/mol. The molecule has 0 unspecified atom stereocenters. The van der Waals surface area contributed by atoms with Gasteiger partial charge in [0.2, 0.25) is 0 Å². The zero-order valence-electron chi connectivity index (χ0n) is 16.4. The number of benzene rings is 1. The number of hydrogen-bond donors (Lipinski definition) is 2. The van der Waals surface area contributed by atoms with E-state index in [9.17, 15) is 4.79 Å². The van der Waals surface area contributed by atoms with E-state index < -0.39 is 0 Å². The van der Waals surface area contributed by atoms with Crippen molar-refractivity contribution >= 4 is 39.6 Å². The molecule has 1 aliphatic rings. The highest BCUT2D eigenvalue weighted by Crippen LogP contribution is 2.17. The molecule has 4 rings (SSSR count). The van der Waals surface area contributed by atoms with Crippen molar-refractivity contribution in [2.75, 3.05) is 13.2 Å². The molecule has 0 saturated carbocycles. The van der Waals surface area contributed by atoms with Crippen molar-refractivity contribution in [3.8, 4) is 0 Å². The molecule has 1 atom stereocenters. The molecule has 1 saturated heterocycles. The van der Waals surface area contributed by atoms with Gasteiger partial charge in [0.1, 0.15) is 0 Å². The molecule has 0 amide bonds. The lowest BCUT2D eigenvalue weighted by Crippen LogP contribution is -2.42. The van der Waals surface area contributed by atoms with Crippen molar-refractivity contribution < 1.29 is 4.74 Å². The molecule has 1 aliphatic heterocycles. The number of nitrogens with zero attached hydrogens (tertiary/aromatic N) is 1. The molecule has 152 valence electrons. The number of ether oxygens (including phenoxy) is 1. The smallest absolute Gasteiger partial charge is 0.253 e. The van der Waals surface area contributed by atoms with Crippen LogP contribution in [0.25, 0.3) is 10.9 Å². The van der Waals surface area contributed by atoms with Crippen LogP contribution in [0.15, 0.2) is 46.6 Å². The molecule has 7 heteroatoms. The summed E-state index contributed by atoms with van der Waals surface area (Å²) in [6.45, 7) is 4.67. The van der Waals surface area contributed by atoms with Crippen LogP contribution in [0.2, 0.25) is 0 Å². The van der Waals surface area contributed by atoms with E-state index in [4.69, 9.17) is 17.0 Å². The molecule has 3 heterocycles. The maximum absolute atomic E-state index is 12.7. The Labute approximate surface area is 179 Å². The van der Waals surface area contributed by atoms with Gasteiger partial charge in [-0.05, 0) is 66.5 Å². The summed E-state index contributed by atoms with van der Waals surface area (Å²) in [5, 5.41) is 7.08. The fourth-order valence-corrected chi connectivity index (χ4v) is 4.52. The number of aromatic amines is 1. The first-order valence-electron chi connectivity index (χ1n) is 9.88. The summed E-state index contributed by atoms with van der Waals surface area (Å²) in [5.41, 5.74) is 2.63. The third kappa shape index (κ3) is 5.04. The quantitative estimate of drug-likeness (QED) is 0.584. The molecule has 0 aliphatic carbocycles. The standard InChI is InChI=1S/C22H25N3O2S2/c1-15-6-7-16-11-17(21(26)24-20(16)10-15)13-25(14-19-5-3-9-29-19)22(28)23-12-18-4-2-8-27-18/h3,5-7,9-11,18H,2,4,8,12-14H2,1H3,(H,23,28)(H,24,26)/t18-/m0/s1. The summed E-state index contributed by atoms with van der Waals surface area (Å²) in [7, 11) is 0. The number of fused-ring (bicyclic) bond motifs is 1. The van der Waals surface area contributed by atoms with Gasteiger partial charge in [-0.15, -0.1) is 11.3 Å². The minimum absolute atomic E-state index is 0.0683. The molecule has 0 spiro atoms. The molecule has 3 aromatic rings. The second-order valence-electron chi connectivity index (χ2n) is 7.47. The Bertz CT molecular complexity index is 1040. The predicted molar refractivity (Wildman–Crippen MR) is 122 cm³/mol. The zero-order valence-corrected chi connectivity index (χ0v) is 18.1. The maximum atomic E-state index is 12.7. The molecule has 5 nitrogen and oxygen atoms in total. The second kappa shape index (κ2) is 9.07. The van der Waals surface area contributed by atoms with Crippen LogP contribution in [0, 0.1) is 6.92 Å². The second-order valence-corrected chi connectivity index (χ2v) is 8.89. The number of aromatic nitrogens is 1. The summed E-state index contributed by atoms with van der Waals surface area (Å²) in [6, 6.07) is 12.2. The lowest BCUT2D eigenvalue weighted by molar-refractivity contribution is 0.113. The fourth-order valence-electron chi connectivity index (χ4n) is 3.59. The van der Waals surface area contributed by atoms with Crippen molar-refractivity contribution in [1.29, 1.82) is 0 Å². The Morgan fingerprint density at radius 2 is 2.24 bits per heavy atom. The minimum Gasteiger partial charge on any atom is -0.376 e. The van der Waals surface area contributed by atoms with Crippen molar-refractivity contribution in [2.45, 2.75) is 39.0 Å². The number of nitrogens with one attached hydrogen (secondary N) is 2. The Balaban J connectivity index is 1.54. The number of rotatable bonds is 6. The summed E-state index contributed by atoms with van der Waals surface area (Å²) in [5.74, 6) is 0. The fraction of sp³-hybridized carbons (Fsp3) is 0.364. The lowest BCUT2D eigenvalue weighted by atomic mass is 10.1. The van der Waals surface area contributed by atoms with Crippen molar-refractivity contribution in [3.63, 3.8) is 0 Å². The van der Waals surface area contributed by atoms with Gasteiger partial charge < -0.3 is 19.9 Å². The van der Waals surface area contributed by atoms with Gasteiger partial charge in [-0.25, -0.2) is 0 Å². The van der Waals surface area contributed by atoms with E-state index in [1.807, 2.05) is 31.2 Å². The van der Waals surface area contributed by atoms with Gasteiger partial charge in [0, 0.05) is 29.1 Å². The zero-order chi connectivity index (χ0) is 20.2. The van der Waals surface area contributed by atoms with Crippen LogP contribution in [0.4, 0.5) is 0 Å². The highest BCUT2D eigenvalue weighted by atomic mass is 32.1. The van der Waals surface area contributed by atoms with Crippen LogP contribution in [0.1, 0.15) is 28.8 Å². The van der Waals surface area contributed by atoms with E-state index in [1.165, 1.54) is 4.88 Å². The number of thiophene rings is 1. The highest BCUT2D eigenvalue weighted by Gasteiger charge is 2.18. The number of aryl methyl sites for hydroxylation is 1. The van der Waals surface area contributed by atoms with Crippen LogP contribution in [-0.2, 0) is 17.8 Å². The van der Waals surface area contributed by atoms with Crippen LogP contribution in [0.3, 0.4) is 0 Å². The topological polar surface area (TPSA) is 57.4 Å². The maximum Gasteiger partial charge on any atom is 0.253 e. The van der Waals surface area contributed by atoms with Gasteiger partial charge in [0.05, 0.1) is 19.2 Å². The van der Waals surface area contributed by atoms with Gasteiger partial charge in [0.25, 0.3) is 5.56 Å². The molecule has 2 aromatic heterocycles. The number of thiocarbonyl (C=S) groups is 1. The summed E-state index contributed by atoms with van der Waals surface area (Å²) in [4.78, 5) is 19.0. The van der Waals surface area contributed by atoms with E-state index in [1.54, 1.807) is 11.3 Å². The Morgan fingerprint density at radius 1 is 1.34 bits per heavy atom. The monoisotopic (exact) mass is 427 g/mol. The van der Waals surface area contributed by atoms with Crippen molar-refractivity contribution in [3.05, 3.63) is 68.1 Å². The highest BCUT2D eigenvalue weighted by molar-refractivity contribution is 7.80. The van der Waals surface area contributed by atoms with E-state index >= 15 is 0 Å². The van der Waals surface area contributed by atoms with E-state index in [0.29, 0.717) is 30.3 Å². The van der Waals surface area contributed by atoms with Crippen molar-refractivity contribution in [2.24, 2.45) is 0 Å². The predicted octanol–water partition coefficient (Wildman–Crippen LogP) is 3.95. The van der Waals surface area contributed by atoms with E-state index in [-0.39, 0.29) is 11.7 Å². The number of H-pyrrole nitrogens is 1. The number of hydrogen-bond acceptors (Lipinski definition) is 4. The van der Waals surface area contributed by atoms with Gasteiger partial charge in [0.15, 0.2) is 5.11 Å². The van der Waals surface area contributed by atoms with Crippen LogP contribution < -0.4 is 10.9 Å². The third-order valence-electron chi connectivity index (χ3n) is 5.16. The van der Waals surface area contributed by atoms with Gasteiger partial charge in [-0.3, -0.25) is 4.79 Å². The van der Waals surface area contributed by atoms with Gasteiger partial charge >= 0.3 is 0 Å². The van der Waals surface area contributed by atoms with E-state index in [0.717, 1.165) is 35.9 Å². The SMILES string of the molecule is Cc1ccc2cc(CN(Cc3cccs3)C(=S)NC[C@@H]3CCCO3)c(=O)[nH]c2c1. The Morgan fingerprint density at radius 3 is 3.00 bits per heavy atom. The van der Waals surface area contributed by atoms with Crippen molar-refractivity contribution in [1.82, 2.24) is 15.2 Å². The molecule has 2 N–H and O–H groups in total. The third-order valence-corrected chi connectivity index (χ3v) is 6.42. The normalized spacial score (nSPS) is 16.2. The number of pyridine rings is 1. The van der Waals surface area contributed by atoms with Gasteiger partial charge in [-0.1, -0.05) is 18.2 Å². The Kier molecular flexibility index (Phi) is 6.28. The summed E-state index contributed by atoms with van der Waals surface area (Å²) < 4.78 is 5.69. The molecule has 1 aromatic carbocycles. The summed E-state index contributed by atoms with van der Waals surface area (Å²) in [6.07, 6.45) is 2.37. The first kappa shape index (κ1) is 20.1. The molecule has 29 heavy (non-hydrogen) atoms. The molecule has 1 fully saturated rings. The molecular formula is C22H25N3O2S2. The van der Waals surface area contributed by atoms with Gasteiger partial charge in [-0.2, -0.15) is 0 Å². The van der Waals surface area contributed by atoms with Crippen LogP contribution >= 0.6 is 23.6 Å². The molecule has 0 bridgehead atoms. The molecule has 0 radical (unpaired) electrons. The first-order valence-corrected chi connectivity index (χ1v) is 11.2.